The van der Waals surface area contributed by atoms with Gasteiger partial charge in [-0.3, -0.25) is 0 Å². The first-order chi connectivity index (χ1) is 11.2. The molecule has 4 nitrogen and oxygen atoms in total. The van der Waals surface area contributed by atoms with Gasteiger partial charge in [0.1, 0.15) is 10.8 Å². The van der Waals surface area contributed by atoms with E-state index in [0.717, 1.165) is 17.8 Å². The van der Waals surface area contributed by atoms with E-state index in [1.54, 1.807) is 12.1 Å². The number of nitrogens with one attached hydrogen (secondary N) is 1. The van der Waals surface area contributed by atoms with Crippen molar-refractivity contribution in [3.8, 4) is 11.3 Å². The monoisotopic (exact) mass is 460 g/mol. The number of nitrogens with zero attached hydrogens (tertiary/aromatic N) is 2. The van der Waals surface area contributed by atoms with Crippen LogP contribution in [0.1, 0.15) is 37.1 Å². The van der Waals surface area contributed by atoms with Crippen molar-refractivity contribution in [2.75, 3.05) is 0 Å². The summed E-state index contributed by atoms with van der Waals surface area (Å²) in [5.74, 6) is 0.214. The molecule has 1 aromatic carbocycles. The minimum Gasteiger partial charge on any atom is -0.370 e. The molecule has 0 saturated heterocycles. The van der Waals surface area contributed by atoms with Crippen LogP contribution in [0.5, 0.6) is 0 Å². The third-order valence-corrected chi connectivity index (χ3v) is 4.88. The maximum absolute atomic E-state index is 13.8. The molecule has 3 rings (SSSR count). The van der Waals surface area contributed by atoms with E-state index in [1.807, 2.05) is 11.4 Å². The van der Waals surface area contributed by atoms with Crippen molar-refractivity contribution in [2.24, 2.45) is 10.7 Å². The number of benzene rings is 1. The fourth-order valence-corrected chi connectivity index (χ4v) is 3.55. The van der Waals surface area contributed by atoms with Gasteiger partial charge in [-0.15, -0.1) is 35.3 Å². The summed E-state index contributed by atoms with van der Waals surface area (Å²) in [6.07, 6.45) is 6.13. The maximum Gasteiger partial charge on any atom is 0.189 e. The molecule has 1 saturated carbocycles. The van der Waals surface area contributed by atoms with Gasteiger partial charge < -0.3 is 11.1 Å². The predicted octanol–water partition coefficient (Wildman–Crippen LogP) is 4.30. The number of thiazole rings is 1. The van der Waals surface area contributed by atoms with Crippen molar-refractivity contribution in [3.63, 3.8) is 0 Å². The van der Waals surface area contributed by atoms with Crippen LogP contribution in [0.25, 0.3) is 11.3 Å². The second kappa shape index (κ2) is 9.31. The minimum atomic E-state index is -0.258. The first kappa shape index (κ1) is 19.1. The summed E-state index contributed by atoms with van der Waals surface area (Å²) < 4.78 is 13.8. The summed E-state index contributed by atoms with van der Waals surface area (Å²) in [7, 11) is 0. The lowest BCUT2D eigenvalue weighted by Gasteiger charge is -2.23. The molecule has 1 aliphatic rings. The number of aliphatic imine (C=N–C) groups is 1. The Morgan fingerprint density at radius 3 is 2.79 bits per heavy atom. The molecule has 0 atom stereocenters. The van der Waals surface area contributed by atoms with Crippen LogP contribution >= 0.6 is 35.3 Å². The molecule has 0 radical (unpaired) electrons. The Labute approximate surface area is 162 Å². The van der Waals surface area contributed by atoms with Gasteiger partial charge in [-0.05, 0) is 25.0 Å². The van der Waals surface area contributed by atoms with Crippen LogP contribution in [0.15, 0.2) is 34.6 Å². The summed E-state index contributed by atoms with van der Waals surface area (Å²) in [5, 5.41) is 5.97. The second-order valence-electron chi connectivity index (χ2n) is 5.79. The lowest BCUT2D eigenvalue weighted by Crippen LogP contribution is -2.41. The topological polar surface area (TPSA) is 63.3 Å². The quantitative estimate of drug-likeness (QED) is 0.406. The minimum absolute atomic E-state index is 0. The van der Waals surface area contributed by atoms with Crippen molar-refractivity contribution in [3.05, 3.63) is 40.5 Å². The highest BCUT2D eigenvalue weighted by Crippen LogP contribution is 2.24. The van der Waals surface area contributed by atoms with E-state index in [1.165, 1.54) is 36.7 Å². The van der Waals surface area contributed by atoms with Gasteiger partial charge in [0.2, 0.25) is 0 Å². The first-order valence-corrected chi connectivity index (χ1v) is 8.86. The zero-order valence-corrected chi connectivity index (χ0v) is 16.5. The highest BCUT2D eigenvalue weighted by Gasteiger charge is 2.13. The summed E-state index contributed by atoms with van der Waals surface area (Å²) in [6, 6.07) is 7.10. The number of aromatic nitrogens is 1. The van der Waals surface area contributed by atoms with Crippen LogP contribution in [0.2, 0.25) is 0 Å². The number of hydrogen-bond acceptors (Lipinski definition) is 3. The van der Waals surface area contributed by atoms with Crippen LogP contribution in [0.3, 0.4) is 0 Å². The molecular weight excluding hydrogens is 438 g/mol. The molecule has 0 amide bonds. The lowest BCUT2D eigenvalue weighted by molar-refractivity contribution is 0.412. The fourth-order valence-electron chi connectivity index (χ4n) is 2.83. The van der Waals surface area contributed by atoms with Crippen molar-refractivity contribution >= 4 is 41.3 Å². The van der Waals surface area contributed by atoms with Gasteiger partial charge in [0.15, 0.2) is 5.96 Å². The molecule has 0 unspecified atom stereocenters. The SMILES string of the molecule is I.NC(=NCc1nc(-c2ccccc2F)cs1)NC1CCCCC1. The number of rotatable bonds is 4. The normalized spacial score (nSPS) is 15.8. The maximum atomic E-state index is 13.8. The number of hydrogen-bond donors (Lipinski definition) is 2. The van der Waals surface area contributed by atoms with E-state index in [4.69, 9.17) is 5.73 Å². The molecule has 7 heteroatoms. The standard InChI is InChI=1S/C17H21FN4S.HI/c18-14-9-5-4-8-13(14)15-11-23-16(22-15)10-20-17(19)21-12-6-2-1-3-7-12;/h4-5,8-9,11-12H,1-3,6-7,10H2,(H3,19,20,21);1H. The van der Waals surface area contributed by atoms with Crippen LogP contribution in [0.4, 0.5) is 4.39 Å². The smallest absolute Gasteiger partial charge is 0.189 e. The van der Waals surface area contributed by atoms with E-state index in [-0.39, 0.29) is 29.8 Å². The van der Waals surface area contributed by atoms with Crippen molar-refractivity contribution in [1.82, 2.24) is 10.3 Å². The molecule has 130 valence electrons. The highest BCUT2D eigenvalue weighted by atomic mass is 127. The van der Waals surface area contributed by atoms with Crippen LogP contribution in [0, 0.1) is 5.82 Å². The van der Waals surface area contributed by atoms with Crippen molar-refractivity contribution < 1.29 is 4.39 Å². The average molecular weight is 460 g/mol. The Balaban J connectivity index is 0.00000208. The molecule has 1 fully saturated rings. The Kier molecular flexibility index (Phi) is 7.41. The highest BCUT2D eigenvalue weighted by molar-refractivity contribution is 14.0. The molecule has 0 bridgehead atoms. The van der Waals surface area contributed by atoms with Gasteiger partial charge in [0, 0.05) is 17.0 Å². The van der Waals surface area contributed by atoms with Crippen LogP contribution < -0.4 is 11.1 Å². The van der Waals surface area contributed by atoms with Crippen molar-refractivity contribution in [2.45, 2.75) is 44.7 Å². The fraction of sp³-hybridized carbons (Fsp3) is 0.412. The number of nitrogens with two attached hydrogens (primary N) is 1. The van der Waals surface area contributed by atoms with Gasteiger partial charge >= 0.3 is 0 Å². The van der Waals surface area contributed by atoms with Crippen LogP contribution in [-0.2, 0) is 6.54 Å². The summed E-state index contributed by atoms with van der Waals surface area (Å²) in [6.45, 7) is 0.421. The van der Waals surface area contributed by atoms with E-state index >= 15 is 0 Å². The molecule has 0 aliphatic heterocycles. The summed E-state index contributed by atoms with van der Waals surface area (Å²) in [4.78, 5) is 8.80. The van der Waals surface area contributed by atoms with Gasteiger partial charge in [-0.2, -0.15) is 0 Å². The molecule has 2 aromatic rings. The molecule has 1 heterocycles. The van der Waals surface area contributed by atoms with E-state index in [0.29, 0.717) is 29.8 Å². The van der Waals surface area contributed by atoms with Gasteiger partial charge in [0.05, 0.1) is 12.2 Å². The average Bonchev–Trinajstić information content (AvgIpc) is 3.03. The lowest BCUT2D eigenvalue weighted by atomic mass is 9.96. The Bertz CT molecular complexity index is 683. The molecule has 3 N–H and O–H groups in total. The van der Waals surface area contributed by atoms with Gasteiger partial charge in [-0.1, -0.05) is 31.4 Å². The second-order valence-corrected chi connectivity index (χ2v) is 6.73. The Morgan fingerprint density at radius 1 is 1.29 bits per heavy atom. The summed E-state index contributed by atoms with van der Waals surface area (Å²) in [5.41, 5.74) is 7.12. The predicted molar refractivity (Wildman–Crippen MR) is 108 cm³/mol. The number of halogens is 2. The van der Waals surface area contributed by atoms with Gasteiger partial charge in [0.25, 0.3) is 0 Å². The summed E-state index contributed by atoms with van der Waals surface area (Å²) >= 11 is 1.47. The van der Waals surface area contributed by atoms with Crippen LogP contribution in [-0.4, -0.2) is 17.0 Å². The van der Waals surface area contributed by atoms with E-state index < -0.39 is 0 Å². The molecular formula is C17H22FIN4S. The molecule has 1 aromatic heterocycles. The van der Waals surface area contributed by atoms with E-state index in [2.05, 4.69) is 15.3 Å². The zero-order chi connectivity index (χ0) is 16.1. The molecule has 1 aliphatic carbocycles. The Morgan fingerprint density at radius 2 is 2.04 bits per heavy atom. The largest absolute Gasteiger partial charge is 0.370 e. The molecule has 24 heavy (non-hydrogen) atoms. The Hall–Kier alpha value is -1.22. The van der Waals surface area contributed by atoms with Gasteiger partial charge in [-0.25, -0.2) is 14.4 Å². The third-order valence-electron chi connectivity index (χ3n) is 4.04. The molecule has 0 spiro atoms. The van der Waals surface area contributed by atoms with E-state index in [9.17, 15) is 4.39 Å². The first-order valence-electron chi connectivity index (χ1n) is 7.98. The van der Waals surface area contributed by atoms with Crippen molar-refractivity contribution in [1.29, 1.82) is 0 Å². The third kappa shape index (κ3) is 5.14. The zero-order valence-electron chi connectivity index (χ0n) is 13.4. The number of guanidine groups is 1.